The van der Waals surface area contributed by atoms with E-state index < -0.39 is 17.5 Å². The van der Waals surface area contributed by atoms with E-state index in [0.29, 0.717) is 19.8 Å². The van der Waals surface area contributed by atoms with Gasteiger partial charge in [0.05, 0.1) is 26.3 Å². The van der Waals surface area contributed by atoms with Crippen LogP contribution in [0.25, 0.3) is 0 Å². The quantitative estimate of drug-likeness (QED) is 0.553. The topological polar surface area (TPSA) is 101 Å². The highest BCUT2D eigenvalue weighted by molar-refractivity contribution is 5.69. The molecular formula is C12H21N3O5. The molecule has 0 aromatic carbocycles. The number of aliphatic carboxylic acids is 2. The smallest absolute Gasteiger partial charge is 0.317 e. The summed E-state index contributed by atoms with van der Waals surface area (Å²) >= 11 is 0. The van der Waals surface area contributed by atoms with Gasteiger partial charge < -0.3 is 15.0 Å². The molecule has 20 heavy (non-hydrogen) atoms. The summed E-state index contributed by atoms with van der Waals surface area (Å²) in [6, 6.07) is 0. The molecule has 0 saturated carbocycles. The first-order valence-electron chi connectivity index (χ1n) is 6.30. The fraction of sp³-hybridized carbons (Fsp3) is 0.750. The van der Waals surface area contributed by atoms with Gasteiger partial charge in [-0.05, 0) is 14.0 Å². The Labute approximate surface area is 117 Å². The van der Waals surface area contributed by atoms with Crippen molar-refractivity contribution in [1.82, 2.24) is 14.7 Å². The molecule has 0 amide bonds. The van der Waals surface area contributed by atoms with Crippen LogP contribution in [-0.2, 0) is 14.4 Å². The predicted octanol–water partition coefficient (Wildman–Crippen LogP) is -1.38. The first-order chi connectivity index (χ1) is 9.26. The summed E-state index contributed by atoms with van der Waals surface area (Å²) in [6.07, 6.45) is 0.766. The summed E-state index contributed by atoms with van der Waals surface area (Å²) in [4.78, 5) is 37.6. The SMILES string of the molecule is CN(CC(=O)O)C1(C)CN(CC=O)CN(CC(=O)O)C1. The lowest BCUT2D eigenvalue weighted by Gasteiger charge is -2.49. The van der Waals surface area contributed by atoms with Crippen LogP contribution in [0.1, 0.15) is 6.92 Å². The normalized spacial score (nSPS) is 24.8. The molecule has 1 aliphatic rings. The standard InChI is InChI=1S/C12H21N3O5/c1-12(13(2)5-10(17)18)7-14(3-4-16)9-15(8-12)6-11(19)20/h4H,3,5-9H2,1-2H3,(H,17,18)(H,19,20). The van der Waals surface area contributed by atoms with E-state index in [1.807, 2.05) is 11.8 Å². The number of rotatable bonds is 7. The zero-order valence-electron chi connectivity index (χ0n) is 11.8. The Morgan fingerprint density at radius 3 is 2.35 bits per heavy atom. The van der Waals surface area contributed by atoms with E-state index >= 15 is 0 Å². The molecule has 1 rings (SSSR count). The highest BCUT2D eigenvalue weighted by Crippen LogP contribution is 2.21. The number of likely N-dealkylation sites (N-methyl/N-ethyl adjacent to an activating group) is 1. The van der Waals surface area contributed by atoms with Crippen molar-refractivity contribution in [2.24, 2.45) is 0 Å². The maximum absolute atomic E-state index is 10.9. The second-order valence-corrected chi connectivity index (χ2v) is 5.45. The van der Waals surface area contributed by atoms with Crippen molar-refractivity contribution in [3.05, 3.63) is 0 Å². The van der Waals surface area contributed by atoms with Gasteiger partial charge in [-0.1, -0.05) is 0 Å². The summed E-state index contributed by atoms with van der Waals surface area (Å²) in [5.41, 5.74) is -0.519. The number of carboxylic acids is 2. The van der Waals surface area contributed by atoms with Gasteiger partial charge in [0.15, 0.2) is 0 Å². The van der Waals surface area contributed by atoms with Crippen LogP contribution in [0.3, 0.4) is 0 Å². The molecule has 8 heteroatoms. The molecule has 0 aliphatic carbocycles. The van der Waals surface area contributed by atoms with Crippen LogP contribution in [0.4, 0.5) is 0 Å². The maximum Gasteiger partial charge on any atom is 0.317 e. The fourth-order valence-electron chi connectivity index (χ4n) is 2.56. The summed E-state index contributed by atoms with van der Waals surface area (Å²) in [6.45, 7) is 3.16. The third-order valence-corrected chi connectivity index (χ3v) is 3.51. The van der Waals surface area contributed by atoms with Crippen LogP contribution in [0.15, 0.2) is 0 Å². The molecule has 0 spiro atoms. The van der Waals surface area contributed by atoms with E-state index in [4.69, 9.17) is 10.2 Å². The van der Waals surface area contributed by atoms with Gasteiger partial charge in [-0.15, -0.1) is 0 Å². The van der Waals surface area contributed by atoms with Gasteiger partial charge in [0.25, 0.3) is 0 Å². The van der Waals surface area contributed by atoms with Crippen molar-refractivity contribution >= 4 is 18.2 Å². The highest BCUT2D eigenvalue weighted by Gasteiger charge is 2.39. The lowest BCUT2D eigenvalue weighted by Crippen LogP contribution is -2.65. The molecule has 1 aliphatic heterocycles. The lowest BCUT2D eigenvalue weighted by molar-refractivity contribution is -0.145. The number of carbonyl (C=O) groups excluding carboxylic acids is 1. The first-order valence-corrected chi connectivity index (χ1v) is 6.30. The third kappa shape index (κ3) is 4.55. The Balaban J connectivity index is 2.83. The monoisotopic (exact) mass is 287 g/mol. The molecule has 1 saturated heterocycles. The summed E-state index contributed by atoms with van der Waals surface area (Å²) < 4.78 is 0. The molecule has 1 fully saturated rings. The molecule has 1 unspecified atom stereocenters. The van der Waals surface area contributed by atoms with Crippen LogP contribution >= 0.6 is 0 Å². The van der Waals surface area contributed by atoms with E-state index in [9.17, 15) is 14.4 Å². The zero-order chi connectivity index (χ0) is 15.3. The van der Waals surface area contributed by atoms with Gasteiger partial charge in [0.1, 0.15) is 6.29 Å². The Kier molecular flexibility index (Phi) is 5.61. The van der Waals surface area contributed by atoms with Crippen molar-refractivity contribution in [3.8, 4) is 0 Å². The van der Waals surface area contributed by atoms with E-state index in [1.165, 1.54) is 0 Å². The molecule has 1 atom stereocenters. The van der Waals surface area contributed by atoms with E-state index in [-0.39, 0.29) is 19.6 Å². The largest absolute Gasteiger partial charge is 0.480 e. The highest BCUT2D eigenvalue weighted by atomic mass is 16.4. The van der Waals surface area contributed by atoms with Crippen molar-refractivity contribution in [2.45, 2.75) is 12.5 Å². The van der Waals surface area contributed by atoms with Gasteiger partial charge in [-0.2, -0.15) is 0 Å². The van der Waals surface area contributed by atoms with Crippen LogP contribution in [0.2, 0.25) is 0 Å². The minimum absolute atomic E-state index is 0.133. The number of carbonyl (C=O) groups is 3. The molecule has 1 heterocycles. The summed E-state index contributed by atoms with van der Waals surface area (Å²) in [7, 11) is 1.69. The Morgan fingerprint density at radius 1 is 1.25 bits per heavy atom. The molecule has 0 aromatic rings. The summed E-state index contributed by atoms with van der Waals surface area (Å²) in [5, 5.41) is 17.8. The van der Waals surface area contributed by atoms with Crippen LogP contribution in [-0.4, -0.2) is 95.1 Å². The van der Waals surface area contributed by atoms with E-state index in [0.717, 1.165) is 6.29 Å². The third-order valence-electron chi connectivity index (χ3n) is 3.51. The Bertz CT molecular complexity index is 389. The van der Waals surface area contributed by atoms with Gasteiger partial charge in [-0.3, -0.25) is 24.3 Å². The fourth-order valence-corrected chi connectivity index (χ4v) is 2.56. The molecule has 0 aromatic heterocycles. The van der Waals surface area contributed by atoms with Gasteiger partial charge in [0, 0.05) is 18.6 Å². The molecule has 2 N–H and O–H groups in total. The van der Waals surface area contributed by atoms with Crippen molar-refractivity contribution in [1.29, 1.82) is 0 Å². The Hall–Kier alpha value is -1.51. The van der Waals surface area contributed by atoms with Crippen LogP contribution < -0.4 is 0 Å². The minimum Gasteiger partial charge on any atom is -0.480 e. The first kappa shape index (κ1) is 16.5. The second-order valence-electron chi connectivity index (χ2n) is 5.45. The predicted molar refractivity (Wildman–Crippen MR) is 70.4 cm³/mol. The zero-order valence-corrected chi connectivity index (χ0v) is 11.8. The number of hydrogen-bond donors (Lipinski definition) is 2. The molecule has 8 nitrogen and oxygen atoms in total. The van der Waals surface area contributed by atoms with Crippen molar-refractivity contribution < 1.29 is 24.6 Å². The lowest BCUT2D eigenvalue weighted by atomic mass is 9.96. The molecule has 0 radical (unpaired) electrons. The van der Waals surface area contributed by atoms with Crippen molar-refractivity contribution in [3.63, 3.8) is 0 Å². The van der Waals surface area contributed by atoms with E-state index in [2.05, 4.69) is 0 Å². The van der Waals surface area contributed by atoms with Gasteiger partial charge >= 0.3 is 11.9 Å². The molecular weight excluding hydrogens is 266 g/mol. The molecule has 114 valence electrons. The van der Waals surface area contributed by atoms with Crippen LogP contribution in [0.5, 0.6) is 0 Å². The number of nitrogens with zero attached hydrogens (tertiary/aromatic N) is 3. The minimum atomic E-state index is -0.943. The average molecular weight is 287 g/mol. The number of hydrogen-bond acceptors (Lipinski definition) is 6. The van der Waals surface area contributed by atoms with Gasteiger partial charge in [-0.25, -0.2) is 0 Å². The van der Waals surface area contributed by atoms with E-state index in [1.54, 1.807) is 16.8 Å². The number of aldehydes is 1. The average Bonchev–Trinajstić information content (AvgIpc) is 2.26. The maximum atomic E-state index is 10.9. The summed E-state index contributed by atoms with van der Waals surface area (Å²) in [5.74, 6) is -1.88. The van der Waals surface area contributed by atoms with Crippen LogP contribution in [0, 0.1) is 0 Å². The van der Waals surface area contributed by atoms with Gasteiger partial charge in [0.2, 0.25) is 0 Å². The molecule has 0 bridgehead atoms. The van der Waals surface area contributed by atoms with Crippen molar-refractivity contribution in [2.75, 3.05) is 46.4 Å². The number of carboxylic acid groups (broad SMARTS) is 2. The second kappa shape index (κ2) is 6.78. The Morgan fingerprint density at radius 2 is 1.85 bits per heavy atom.